The van der Waals surface area contributed by atoms with E-state index >= 15 is 0 Å². The second-order valence-electron chi connectivity index (χ2n) is 7.82. The van der Waals surface area contributed by atoms with Crippen LogP contribution in [0, 0.1) is 11.8 Å². The SMILES string of the molecule is CC1CC(C)CN(Cc2ccc(CNC(=O)C3CCCN3)cc2)C1.Cl.Cl. The van der Waals surface area contributed by atoms with E-state index in [-0.39, 0.29) is 36.8 Å². The van der Waals surface area contributed by atoms with Crippen LogP contribution in [-0.4, -0.2) is 36.5 Å². The van der Waals surface area contributed by atoms with Gasteiger partial charge in [0.05, 0.1) is 6.04 Å². The molecule has 3 unspecified atom stereocenters. The van der Waals surface area contributed by atoms with E-state index in [2.05, 4.69) is 53.6 Å². The van der Waals surface area contributed by atoms with Gasteiger partial charge in [-0.1, -0.05) is 38.1 Å². The molecule has 26 heavy (non-hydrogen) atoms. The second-order valence-corrected chi connectivity index (χ2v) is 7.82. The molecule has 2 fully saturated rings. The molecule has 2 saturated heterocycles. The number of piperidine rings is 1. The van der Waals surface area contributed by atoms with E-state index < -0.39 is 0 Å². The maximum atomic E-state index is 12.0. The zero-order valence-electron chi connectivity index (χ0n) is 15.9. The fourth-order valence-electron chi connectivity index (χ4n) is 4.16. The lowest BCUT2D eigenvalue weighted by Gasteiger charge is -2.35. The highest BCUT2D eigenvalue weighted by Crippen LogP contribution is 2.22. The Balaban J connectivity index is 0.00000169. The number of hydrogen-bond donors (Lipinski definition) is 2. The first-order valence-electron chi connectivity index (χ1n) is 9.41. The number of hydrogen-bond acceptors (Lipinski definition) is 3. The van der Waals surface area contributed by atoms with Crippen molar-refractivity contribution in [2.24, 2.45) is 11.8 Å². The molecule has 0 aromatic heterocycles. The third kappa shape index (κ3) is 6.73. The Kier molecular flexibility index (Phi) is 9.94. The maximum absolute atomic E-state index is 12.0. The zero-order valence-corrected chi connectivity index (χ0v) is 17.5. The summed E-state index contributed by atoms with van der Waals surface area (Å²) >= 11 is 0. The predicted octanol–water partition coefficient (Wildman–Crippen LogP) is 3.38. The molecule has 1 amide bonds. The van der Waals surface area contributed by atoms with Gasteiger partial charge in [-0.25, -0.2) is 0 Å². The molecule has 0 radical (unpaired) electrons. The van der Waals surface area contributed by atoms with Gasteiger partial charge in [0.25, 0.3) is 0 Å². The summed E-state index contributed by atoms with van der Waals surface area (Å²) in [6.45, 7) is 9.73. The lowest BCUT2D eigenvalue weighted by molar-refractivity contribution is -0.122. The van der Waals surface area contributed by atoms with Crippen molar-refractivity contribution in [3.05, 3.63) is 35.4 Å². The topological polar surface area (TPSA) is 44.4 Å². The number of amides is 1. The molecule has 3 rings (SSSR count). The van der Waals surface area contributed by atoms with Crippen molar-refractivity contribution in [3.8, 4) is 0 Å². The predicted molar refractivity (Wildman–Crippen MR) is 112 cm³/mol. The Morgan fingerprint density at radius 1 is 1.12 bits per heavy atom. The standard InChI is InChI=1S/C20H31N3O.2ClH/c1-15-10-16(2)13-23(12-15)14-18-7-5-17(6-8-18)11-22-20(24)19-4-3-9-21-19;;/h5-8,15-16,19,21H,3-4,9-14H2,1-2H3,(H,22,24);2*1H. The molecule has 0 bridgehead atoms. The molecular weight excluding hydrogens is 369 g/mol. The van der Waals surface area contributed by atoms with Crippen LogP contribution in [0.2, 0.25) is 0 Å². The number of nitrogens with zero attached hydrogens (tertiary/aromatic N) is 1. The van der Waals surface area contributed by atoms with Gasteiger partial charge in [0, 0.05) is 26.2 Å². The summed E-state index contributed by atoms with van der Waals surface area (Å²) < 4.78 is 0. The highest BCUT2D eigenvalue weighted by molar-refractivity contribution is 5.85. The Hall–Kier alpha value is -0.810. The maximum Gasteiger partial charge on any atom is 0.237 e. The van der Waals surface area contributed by atoms with E-state index in [1.165, 1.54) is 30.6 Å². The largest absolute Gasteiger partial charge is 0.351 e. The van der Waals surface area contributed by atoms with Crippen LogP contribution in [0.3, 0.4) is 0 Å². The van der Waals surface area contributed by atoms with Crippen LogP contribution in [0.1, 0.15) is 44.2 Å². The van der Waals surface area contributed by atoms with E-state index in [4.69, 9.17) is 0 Å². The Bertz CT molecular complexity index is 536. The molecule has 148 valence electrons. The fraction of sp³-hybridized carbons (Fsp3) is 0.650. The molecule has 2 N–H and O–H groups in total. The van der Waals surface area contributed by atoms with Crippen LogP contribution >= 0.6 is 24.8 Å². The average molecular weight is 402 g/mol. The van der Waals surface area contributed by atoms with E-state index in [0.29, 0.717) is 6.54 Å². The van der Waals surface area contributed by atoms with Gasteiger partial charge in [-0.3, -0.25) is 9.69 Å². The monoisotopic (exact) mass is 401 g/mol. The molecule has 0 aliphatic carbocycles. The molecule has 0 saturated carbocycles. The number of halogens is 2. The molecule has 4 nitrogen and oxygen atoms in total. The molecule has 3 atom stereocenters. The minimum atomic E-state index is 0. The number of nitrogens with one attached hydrogen (secondary N) is 2. The summed E-state index contributed by atoms with van der Waals surface area (Å²) in [5.74, 6) is 1.73. The quantitative estimate of drug-likeness (QED) is 0.794. The van der Waals surface area contributed by atoms with Crippen LogP contribution in [0.4, 0.5) is 0 Å². The molecule has 2 aliphatic heterocycles. The Morgan fingerprint density at radius 3 is 2.31 bits per heavy atom. The second kappa shape index (κ2) is 11.1. The van der Waals surface area contributed by atoms with Crippen LogP contribution in [0.15, 0.2) is 24.3 Å². The van der Waals surface area contributed by atoms with Crippen molar-refractivity contribution in [2.75, 3.05) is 19.6 Å². The first kappa shape index (κ1) is 23.2. The Labute approximate surface area is 170 Å². The molecule has 1 aromatic rings. The van der Waals surface area contributed by atoms with Crippen molar-refractivity contribution < 1.29 is 4.79 Å². The third-order valence-corrected chi connectivity index (χ3v) is 5.22. The van der Waals surface area contributed by atoms with Crippen LogP contribution in [0.5, 0.6) is 0 Å². The summed E-state index contributed by atoms with van der Waals surface area (Å²) in [7, 11) is 0. The van der Waals surface area contributed by atoms with Crippen LogP contribution in [0.25, 0.3) is 0 Å². The van der Waals surface area contributed by atoms with E-state index in [0.717, 1.165) is 37.8 Å². The van der Waals surface area contributed by atoms with Gasteiger partial charge in [0.15, 0.2) is 0 Å². The summed E-state index contributed by atoms with van der Waals surface area (Å²) in [5.41, 5.74) is 2.54. The average Bonchev–Trinajstić information content (AvgIpc) is 3.07. The van der Waals surface area contributed by atoms with Gasteiger partial charge < -0.3 is 10.6 Å². The van der Waals surface area contributed by atoms with Gasteiger partial charge in [-0.15, -0.1) is 24.8 Å². The minimum absolute atomic E-state index is 0. The number of likely N-dealkylation sites (tertiary alicyclic amines) is 1. The summed E-state index contributed by atoms with van der Waals surface area (Å²) in [6, 6.07) is 8.72. The van der Waals surface area contributed by atoms with Gasteiger partial charge >= 0.3 is 0 Å². The number of rotatable bonds is 5. The van der Waals surface area contributed by atoms with Crippen molar-refractivity contribution in [1.82, 2.24) is 15.5 Å². The minimum Gasteiger partial charge on any atom is -0.351 e. The fourth-order valence-corrected chi connectivity index (χ4v) is 4.16. The summed E-state index contributed by atoms with van der Waals surface area (Å²) in [6.07, 6.45) is 3.41. The summed E-state index contributed by atoms with van der Waals surface area (Å²) in [5, 5.41) is 6.28. The number of benzene rings is 1. The smallest absolute Gasteiger partial charge is 0.237 e. The molecule has 2 heterocycles. The first-order chi connectivity index (χ1) is 11.6. The third-order valence-electron chi connectivity index (χ3n) is 5.22. The van der Waals surface area contributed by atoms with Crippen molar-refractivity contribution in [1.29, 1.82) is 0 Å². The van der Waals surface area contributed by atoms with E-state index in [1.54, 1.807) is 0 Å². The highest BCUT2D eigenvalue weighted by atomic mass is 35.5. The highest BCUT2D eigenvalue weighted by Gasteiger charge is 2.22. The summed E-state index contributed by atoms with van der Waals surface area (Å²) in [4.78, 5) is 14.6. The van der Waals surface area contributed by atoms with Crippen LogP contribution < -0.4 is 10.6 Å². The van der Waals surface area contributed by atoms with Crippen molar-refractivity contribution in [2.45, 2.75) is 52.2 Å². The first-order valence-corrected chi connectivity index (χ1v) is 9.41. The molecular formula is C20H33Cl2N3O. The van der Waals surface area contributed by atoms with Crippen molar-refractivity contribution >= 4 is 30.7 Å². The molecule has 0 spiro atoms. The van der Waals surface area contributed by atoms with E-state index in [1.807, 2.05) is 0 Å². The lowest BCUT2D eigenvalue weighted by atomic mass is 9.91. The Morgan fingerprint density at radius 2 is 1.73 bits per heavy atom. The van der Waals surface area contributed by atoms with Crippen LogP contribution in [-0.2, 0) is 17.9 Å². The number of carbonyl (C=O) groups is 1. The van der Waals surface area contributed by atoms with Gasteiger partial charge in [-0.05, 0) is 48.8 Å². The molecule has 1 aromatic carbocycles. The molecule has 6 heteroatoms. The normalized spacial score (nSPS) is 25.8. The van der Waals surface area contributed by atoms with Crippen molar-refractivity contribution in [3.63, 3.8) is 0 Å². The zero-order chi connectivity index (χ0) is 16.9. The lowest BCUT2D eigenvalue weighted by Crippen LogP contribution is -2.40. The van der Waals surface area contributed by atoms with Gasteiger partial charge in [-0.2, -0.15) is 0 Å². The number of carbonyl (C=O) groups excluding carboxylic acids is 1. The molecule has 2 aliphatic rings. The van der Waals surface area contributed by atoms with Gasteiger partial charge in [0.2, 0.25) is 5.91 Å². The van der Waals surface area contributed by atoms with E-state index in [9.17, 15) is 4.79 Å². The van der Waals surface area contributed by atoms with Gasteiger partial charge in [0.1, 0.15) is 0 Å².